The number of rotatable bonds is 5. The van der Waals surface area contributed by atoms with E-state index in [9.17, 15) is 19.2 Å². The van der Waals surface area contributed by atoms with Crippen LogP contribution in [0.15, 0.2) is 60.7 Å². The SMILES string of the molecule is CCOC(=O)C(=O)c1ccccc1.COC(=O)C(=O)c1ccccc1. The third-order valence-electron chi connectivity index (χ3n) is 2.90. The van der Waals surface area contributed by atoms with Crippen LogP contribution in [0.5, 0.6) is 0 Å². The van der Waals surface area contributed by atoms with Crippen molar-refractivity contribution in [1.82, 2.24) is 0 Å². The zero-order chi connectivity index (χ0) is 18.7. The van der Waals surface area contributed by atoms with Crippen LogP contribution in [-0.2, 0) is 19.1 Å². The van der Waals surface area contributed by atoms with Gasteiger partial charge in [0.1, 0.15) is 0 Å². The summed E-state index contributed by atoms with van der Waals surface area (Å²) >= 11 is 0. The molecule has 6 nitrogen and oxygen atoms in total. The van der Waals surface area contributed by atoms with Crippen LogP contribution in [0.25, 0.3) is 0 Å². The van der Waals surface area contributed by atoms with Gasteiger partial charge < -0.3 is 9.47 Å². The Balaban J connectivity index is 0.000000251. The van der Waals surface area contributed by atoms with E-state index in [-0.39, 0.29) is 6.61 Å². The average Bonchev–Trinajstić information content (AvgIpc) is 2.68. The first-order chi connectivity index (χ1) is 12.0. The predicted octanol–water partition coefficient (Wildman–Crippen LogP) is 2.47. The molecule has 0 radical (unpaired) electrons. The second-order valence-corrected chi connectivity index (χ2v) is 4.60. The van der Waals surface area contributed by atoms with Gasteiger partial charge >= 0.3 is 11.9 Å². The molecule has 0 spiro atoms. The van der Waals surface area contributed by atoms with Crippen molar-refractivity contribution in [2.24, 2.45) is 0 Å². The minimum atomic E-state index is -0.832. The third kappa shape index (κ3) is 6.39. The van der Waals surface area contributed by atoms with Gasteiger partial charge in [0.25, 0.3) is 11.6 Å². The van der Waals surface area contributed by atoms with Crippen LogP contribution < -0.4 is 0 Å². The van der Waals surface area contributed by atoms with Crippen LogP contribution in [-0.4, -0.2) is 37.2 Å². The topological polar surface area (TPSA) is 86.7 Å². The van der Waals surface area contributed by atoms with E-state index in [0.29, 0.717) is 11.1 Å². The number of benzene rings is 2. The number of hydrogen-bond acceptors (Lipinski definition) is 6. The molecule has 0 aliphatic carbocycles. The quantitative estimate of drug-likeness (QED) is 0.471. The molecule has 0 atom stereocenters. The Labute approximate surface area is 145 Å². The van der Waals surface area contributed by atoms with E-state index in [1.165, 1.54) is 7.11 Å². The summed E-state index contributed by atoms with van der Waals surface area (Å²) in [5.41, 5.74) is 0.713. The van der Waals surface area contributed by atoms with E-state index in [4.69, 9.17) is 0 Å². The van der Waals surface area contributed by atoms with Crippen molar-refractivity contribution in [1.29, 1.82) is 0 Å². The summed E-state index contributed by atoms with van der Waals surface area (Å²) in [6.45, 7) is 1.88. The van der Waals surface area contributed by atoms with Crippen LogP contribution in [0.3, 0.4) is 0 Å². The first-order valence-electron chi connectivity index (χ1n) is 7.45. The van der Waals surface area contributed by atoms with Crippen molar-refractivity contribution in [3.8, 4) is 0 Å². The zero-order valence-corrected chi connectivity index (χ0v) is 13.9. The van der Waals surface area contributed by atoms with Crippen molar-refractivity contribution in [3.63, 3.8) is 0 Å². The number of Topliss-reactive ketones (excluding diaryl/α,β-unsaturated/α-hetero) is 2. The number of hydrogen-bond donors (Lipinski definition) is 0. The number of ether oxygens (including phenoxy) is 2. The van der Waals surface area contributed by atoms with Crippen molar-refractivity contribution in [2.45, 2.75) is 6.92 Å². The molecule has 0 fully saturated rings. The Morgan fingerprint density at radius 1 is 0.720 bits per heavy atom. The van der Waals surface area contributed by atoms with Crippen molar-refractivity contribution in [3.05, 3.63) is 71.8 Å². The fourth-order valence-electron chi connectivity index (χ4n) is 1.70. The Morgan fingerprint density at radius 3 is 1.48 bits per heavy atom. The minimum Gasteiger partial charge on any atom is -0.463 e. The molecule has 2 rings (SSSR count). The normalized spacial score (nSPS) is 9.20. The molecule has 0 bridgehead atoms. The predicted molar refractivity (Wildman–Crippen MR) is 90.2 cm³/mol. The Morgan fingerprint density at radius 2 is 1.12 bits per heavy atom. The molecule has 130 valence electrons. The van der Waals surface area contributed by atoms with E-state index in [1.807, 2.05) is 0 Å². The summed E-state index contributed by atoms with van der Waals surface area (Å²) in [6, 6.07) is 16.6. The van der Waals surface area contributed by atoms with Gasteiger partial charge in [-0.05, 0) is 6.92 Å². The van der Waals surface area contributed by atoms with Crippen molar-refractivity contribution < 1.29 is 28.7 Å². The number of ketones is 2. The van der Waals surface area contributed by atoms with Gasteiger partial charge in [0, 0.05) is 11.1 Å². The maximum Gasteiger partial charge on any atom is 0.379 e. The summed E-state index contributed by atoms with van der Waals surface area (Å²) in [6.07, 6.45) is 0. The monoisotopic (exact) mass is 342 g/mol. The summed E-state index contributed by atoms with van der Waals surface area (Å²) in [4.78, 5) is 44.1. The summed E-state index contributed by atoms with van der Waals surface area (Å²) in [7, 11) is 1.18. The minimum absolute atomic E-state index is 0.220. The molecule has 6 heteroatoms. The highest BCUT2D eigenvalue weighted by atomic mass is 16.5. The number of esters is 2. The van der Waals surface area contributed by atoms with Gasteiger partial charge in [0.15, 0.2) is 0 Å². The van der Waals surface area contributed by atoms with Crippen LogP contribution in [0.2, 0.25) is 0 Å². The molecular weight excluding hydrogens is 324 g/mol. The maximum atomic E-state index is 11.3. The van der Waals surface area contributed by atoms with E-state index < -0.39 is 23.5 Å². The average molecular weight is 342 g/mol. The lowest BCUT2D eigenvalue weighted by molar-refractivity contribution is -0.137. The van der Waals surface area contributed by atoms with E-state index in [1.54, 1.807) is 67.6 Å². The highest BCUT2D eigenvalue weighted by Gasteiger charge is 2.16. The molecule has 2 aromatic rings. The molecule has 0 aliphatic heterocycles. The lowest BCUT2D eigenvalue weighted by atomic mass is 10.1. The van der Waals surface area contributed by atoms with Gasteiger partial charge in [-0.25, -0.2) is 9.59 Å². The molecule has 0 saturated carbocycles. The zero-order valence-electron chi connectivity index (χ0n) is 13.9. The lowest BCUT2D eigenvalue weighted by Crippen LogP contribution is -2.17. The van der Waals surface area contributed by atoms with E-state index >= 15 is 0 Å². The number of carbonyl (C=O) groups excluding carboxylic acids is 4. The molecule has 0 aromatic heterocycles. The molecule has 0 unspecified atom stereocenters. The molecule has 25 heavy (non-hydrogen) atoms. The second-order valence-electron chi connectivity index (χ2n) is 4.60. The highest BCUT2D eigenvalue weighted by Crippen LogP contribution is 2.01. The van der Waals surface area contributed by atoms with E-state index in [2.05, 4.69) is 9.47 Å². The molecule has 0 saturated heterocycles. The number of carbonyl (C=O) groups is 4. The van der Waals surface area contributed by atoms with Crippen LogP contribution >= 0.6 is 0 Å². The fourth-order valence-corrected chi connectivity index (χ4v) is 1.70. The van der Waals surface area contributed by atoms with Crippen LogP contribution in [0.1, 0.15) is 27.6 Å². The first-order valence-corrected chi connectivity index (χ1v) is 7.45. The summed E-state index contributed by atoms with van der Waals surface area (Å²) < 4.78 is 8.85. The number of methoxy groups -OCH3 is 1. The van der Waals surface area contributed by atoms with Gasteiger partial charge in [0.05, 0.1) is 13.7 Å². The fraction of sp³-hybridized carbons (Fsp3) is 0.158. The molecule has 0 heterocycles. The van der Waals surface area contributed by atoms with Crippen LogP contribution in [0, 0.1) is 0 Å². The molecular formula is C19H18O6. The summed E-state index contributed by atoms with van der Waals surface area (Å²) in [5.74, 6) is -2.84. The summed E-state index contributed by atoms with van der Waals surface area (Å²) in [5, 5.41) is 0. The molecule has 2 aromatic carbocycles. The largest absolute Gasteiger partial charge is 0.463 e. The molecule has 0 N–H and O–H groups in total. The van der Waals surface area contributed by atoms with Crippen molar-refractivity contribution in [2.75, 3.05) is 13.7 Å². The Kier molecular flexibility index (Phi) is 8.29. The van der Waals surface area contributed by atoms with Gasteiger partial charge in [0.2, 0.25) is 0 Å². The molecule has 0 amide bonds. The standard InChI is InChI=1S/C10H10O3.C9H8O3/c1-2-13-10(12)9(11)8-6-4-3-5-7-8;1-12-9(11)8(10)7-5-3-2-4-6-7/h3-7H,2H2,1H3;2-6H,1H3. The van der Waals surface area contributed by atoms with E-state index in [0.717, 1.165) is 0 Å². The first kappa shape index (κ1) is 19.8. The van der Waals surface area contributed by atoms with Gasteiger partial charge in [-0.2, -0.15) is 0 Å². The smallest absolute Gasteiger partial charge is 0.379 e. The van der Waals surface area contributed by atoms with Gasteiger partial charge in [-0.15, -0.1) is 0 Å². The highest BCUT2D eigenvalue weighted by molar-refractivity contribution is 6.41. The van der Waals surface area contributed by atoms with Crippen LogP contribution in [0.4, 0.5) is 0 Å². The second kappa shape index (κ2) is 10.5. The molecule has 0 aliphatic rings. The maximum absolute atomic E-state index is 11.3. The van der Waals surface area contributed by atoms with Crippen molar-refractivity contribution >= 4 is 23.5 Å². The van der Waals surface area contributed by atoms with Gasteiger partial charge in [-0.3, -0.25) is 9.59 Å². The third-order valence-corrected chi connectivity index (χ3v) is 2.90. The Bertz CT molecular complexity index is 722. The lowest BCUT2D eigenvalue weighted by Gasteiger charge is -1.99. The Hall–Kier alpha value is -3.28. The van der Waals surface area contributed by atoms with Gasteiger partial charge in [-0.1, -0.05) is 60.7 Å².